The number of para-hydroxylation sites is 1. The number of pyridine rings is 1. The fourth-order valence-electron chi connectivity index (χ4n) is 2.45. The molecule has 0 saturated carbocycles. The highest BCUT2D eigenvalue weighted by Gasteiger charge is 2.06. The van der Waals surface area contributed by atoms with Gasteiger partial charge >= 0.3 is 0 Å². The molecule has 0 saturated heterocycles. The second-order valence-corrected chi connectivity index (χ2v) is 5.98. The highest BCUT2D eigenvalue weighted by atomic mass is 35.5. The molecule has 24 heavy (non-hydrogen) atoms. The average molecular weight is 340 g/mol. The van der Waals surface area contributed by atoms with Crippen LogP contribution in [0.4, 0.5) is 0 Å². The Morgan fingerprint density at radius 1 is 0.875 bits per heavy atom. The minimum atomic E-state index is 0.536. The molecule has 1 aromatic heterocycles. The van der Waals surface area contributed by atoms with Crippen molar-refractivity contribution in [1.29, 1.82) is 0 Å². The van der Waals surface area contributed by atoms with Crippen molar-refractivity contribution in [1.82, 2.24) is 4.98 Å². The van der Waals surface area contributed by atoms with Gasteiger partial charge in [-0.2, -0.15) is 0 Å². The normalized spacial score (nSPS) is 10.5. The predicted molar refractivity (Wildman–Crippen MR) is 95.8 cm³/mol. The van der Waals surface area contributed by atoms with Gasteiger partial charge in [0.1, 0.15) is 25.4 Å². The van der Waals surface area contributed by atoms with Crippen LogP contribution >= 0.6 is 11.6 Å². The highest BCUT2D eigenvalue weighted by molar-refractivity contribution is 6.30. The minimum Gasteiger partial charge on any atom is -0.488 e. The molecule has 0 amide bonds. The quantitative estimate of drug-likeness (QED) is 0.714. The van der Waals surface area contributed by atoms with E-state index in [9.17, 15) is 0 Å². The van der Waals surface area contributed by atoms with E-state index < -0.39 is 0 Å². The van der Waals surface area contributed by atoms with Crippen molar-refractivity contribution in [2.75, 3.05) is 0 Å². The van der Waals surface area contributed by atoms with Gasteiger partial charge in [-0.25, -0.2) is 0 Å². The van der Waals surface area contributed by atoms with Crippen LogP contribution in [0.1, 0.15) is 16.8 Å². The number of nitrogens with zero attached hydrogens (tertiary/aromatic N) is 1. The van der Waals surface area contributed by atoms with Crippen molar-refractivity contribution in [2.45, 2.75) is 19.7 Å². The maximum absolute atomic E-state index is 5.99. The van der Waals surface area contributed by atoms with Gasteiger partial charge in [-0.15, -0.1) is 0 Å². The second kappa shape index (κ2) is 8.48. The molecule has 122 valence electrons. The van der Waals surface area contributed by atoms with Crippen LogP contribution in [-0.2, 0) is 19.7 Å². The SMILES string of the molecule is Clc1ccc(COc2ccccc2C[NH2+]Cc2ccccn2)cc1. The van der Waals surface area contributed by atoms with Crippen molar-refractivity contribution in [3.63, 3.8) is 0 Å². The standard InChI is InChI=1S/C20H19ClN2O/c21-18-10-8-16(9-11-18)15-24-20-7-2-1-5-17(20)13-22-14-19-6-3-4-12-23-19/h1-12,22H,13-15H2/p+1. The maximum Gasteiger partial charge on any atom is 0.128 e. The molecular formula is C20H20ClN2O+. The van der Waals surface area contributed by atoms with E-state index in [4.69, 9.17) is 16.3 Å². The van der Waals surface area contributed by atoms with Gasteiger partial charge in [-0.3, -0.25) is 4.98 Å². The molecule has 0 unspecified atom stereocenters. The third kappa shape index (κ3) is 4.82. The van der Waals surface area contributed by atoms with Crippen molar-refractivity contribution < 1.29 is 10.1 Å². The molecule has 2 N–H and O–H groups in total. The van der Waals surface area contributed by atoms with Crippen LogP contribution in [0.2, 0.25) is 5.02 Å². The Morgan fingerprint density at radius 2 is 1.67 bits per heavy atom. The predicted octanol–water partition coefficient (Wildman–Crippen LogP) is 3.58. The molecule has 3 nitrogen and oxygen atoms in total. The largest absolute Gasteiger partial charge is 0.488 e. The number of halogens is 1. The Bertz CT molecular complexity index is 760. The van der Waals surface area contributed by atoms with E-state index in [1.165, 1.54) is 5.56 Å². The van der Waals surface area contributed by atoms with Gasteiger partial charge in [-0.05, 0) is 42.0 Å². The lowest BCUT2D eigenvalue weighted by molar-refractivity contribution is -0.686. The molecule has 3 rings (SSSR count). The van der Waals surface area contributed by atoms with Gasteiger partial charge in [0, 0.05) is 16.8 Å². The molecule has 2 aromatic carbocycles. The molecule has 4 heteroatoms. The molecule has 0 radical (unpaired) electrons. The zero-order valence-corrected chi connectivity index (χ0v) is 14.1. The van der Waals surface area contributed by atoms with Crippen molar-refractivity contribution in [2.24, 2.45) is 0 Å². The number of benzene rings is 2. The Balaban J connectivity index is 1.57. The number of nitrogens with two attached hydrogens (primary N) is 1. The van der Waals surface area contributed by atoms with Crippen molar-refractivity contribution >= 4 is 11.6 Å². The van der Waals surface area contributed by atoms with E-state index in [1.807, 2.05) is 66.9 Å². The fraction of sp³-hybridized carbons (Fsp3) is 0.150. The average Bonchev–Trinajstić information content (AvgIpc) is 2.63. The van der Waals surface area contributed by atoms with Crippen LogP contribution in [0.25, 0.3) is 0 Å². The molecule has 0 aliphatic rings. The Labute approximate surface area is 147 Å². The number of aromatic nitrogens is 1. The van der Waals surface area contributed by atoms with Gasteiger partial charge in [0.25, 0.3) is 0 Å². The Hall–Kier alpha value is -2.36. The molecule has 3 aromatic rings. The second-order valence-electron chi connectivity index (χ2n) is 5.54. The van der Waals surface area contributed by atoms with E-state index >= 15 is 0 Å². The lowest BCUT2D eigenvalue weighted by Gasteiger charge is -2.11. The summed E-state index contributed by atoms with van der Waals surface area (Å²) < 4.78 is 5.99. The van der Waals surface area contributed by atoms with Crippen molar-refractivity contribution in [3.8, 4) is 5.75 Å². The third-order valence-corrected chi connectivity index (χ3v) is 3.98. The van der Waals surface area contributed by atoms with Crippen LogP contribution in [0.5, 0.6) is 5.75 Å². The number of quaternary nitrogens is 1. The monoisotopic (exact) mass is 339 g/mol. The molecule has 0 bridgehead atoms. The van der Waals surface area contributed by atoms with Gasteiger partial charge in [0.15, 0.2) is 0 Å². The molecule has 0 aliphatic heterocycles. The molecule has 0 fully saturated rings. The van der Waals surface area contributed by atoms with Gasteiger partial charge in [0.05, 0.1) is 5.69 Å². The topological polar surface area (TPSA) is 38.7 Å². The van der Waals surface area contributed by atoms with Crippen LogP contribution in [0, 0.1) is 0 Å². The minimum absolute atomic E-state index is 0.536. The Morgan fingerprint density at radius 3 is 2.46 bits per heavy atom. The van der Waals surface area contributed by atoms with Crippen LogP contribution in [0.3, 0.4) is 0 Å². The molecule has 0 atom stereocenters. The molecule has 0 spiro atoms. The molecule has 0 aliphatic carbocycles. The van der Waals surface area contributed by atoms with Crippen LogP contribution < -0.4 is 10.1 Å². The van der Waals surface area contributed by atoms with Gasteiger partial charge in [-0.1, -0.05) is 41.9 Å². The van der Waals surface area contributed by atoms with Crippen LogP contribution in [-0.4, -0.2) is 4.98 Å². The van der Waals surface area contributed by atoms with Crippen molar-refractivity contribution in [3.05, 3.63) is 94.8 Å². The van der Waals surface area contributed by atoms with E-state index in [1.54, 1.807) is 0 Å². The number of rotatable bonds is 7. The zero-order valence-electron chi connectivity index (χ0n) is 13.4. The molecule has 1 heterocycles. The summed E-state index contributed by atoms with van der Waals surface area (Å²) in [7, 11) is 0. The first kappa shape index (κ1) is 16.5. The summed E-state index contributed by atoms with van der Waals surface area (Å²) >= 11 is 5.91. The van der Waals surface area contributed by atoms with Crippen LogP contribution in [0.15, 0.2) is 72.9 Å². The Kier molecular flexibility index (Phi) is 5.83. The lowest BCUT2D eigenvalue weighted by Crippen LogP contribution is -2.80. The number of ether oxygens (including phenoxy) is 1. The summed E-state index contributed by atoms with van der Waals surface area (Å²) in [6.45, 7) is 2.24. The van der Waals surface area contributed by atoms with E-state index in [2.05, 4.69) is 16.4 Å². The molecular weight excluding hydrogens is 320 g/mol. The number of hydrogen-bond acceptors (Lipinski definition) is 2. The first-order valence-electron chi connectivity index (χ1n) is 7.98. The van der Waals surface area contributed by atoms with E-state index in [-0.39, 0.29) is 0 Å². The smallest absolute Gasteiger partial charge is 0.128 e. The highest BCUT2D eigenvalue weighted by Crippen LogP contribution is 2.19. The first-order valence-corrected chi connectivity index (χ1v) is 8.36. The third-order valence-electron chi connectivity index (χ3n) is 3.72. The summed E-state index contributed by atoms with van der Waals surface area (Å²) in [5, 5.41) is 2.97. The van der Waals surface area contributed by atoms with E-state index in [0.29, 0.717) is 6.61 Å². The van der Waals surface area contributed by atoms with Gasteiger partial charge in [0.2, 0.25) is 0 Å². The summed E-state index contributed by atoms with van der Waals surface area (Å²) in [5.41, 5.74) is 3.37. The number of hydrogen-bond donors (Lipinski definition) is 1. The summed E-state index contributed by atoms with van der Waals surface area (Å²) in [4.78, 5) is 4.34. The zero-order chi connectivity index (χ0) is 16.6. The summed E-state index contributed by atoms with van der Waals surface area (Å²) in [6, 6.07) is 21.9. The first-order chi connectivity index (χ1) is 11.8. The summed E-state index contributed by atoms with van der Waals surface area (Å²) in [5.74, 6) is 0.921. The van der Waals surface area contributed by atoms with E-state index in [0.717, 1.165) is 35.1 Å². The fourth-order valence-corrected chi connectivity index (χ4v) is 2.58. The summed E-state index contributed by atoms with van der Waals surface area (Å²) in [6.07, 6.45) is 1.83. The lowest BCUT2D eigenvalue weighted by atomic mass is 10.2. The van der Waals surface area contributed by atoms with Gasteiger partial charge < -0.3 is 10.1 Å². The maximum atomic E-state index is 5.99.